The molecule has 1 N–H and O–H groups in total. The number of para-hydroxylation sites is 1. The Bertz CT molecular complexity index is 1350. The predicted octanol–water partition coefficient (Wildman–Crippen LogP) is 4.75. The predicted molar refractivity (Wildman–Crippen MR) is 127 cm³/mol. The van der Waals surface area contributed by atoms with Gasteiger partial charge in [-0.2, -0.15) is 4.68 Å². The number of carbonyl (C=O) groups is 1. The first-order valence-corrected chi connectivity index (χ1v) is 10.4. The highest BCUT2D eigenvalue weighted by atomic mass is 16.5. The summed E-state index contributed by atoms with van der Waals surface area (Å²) in [6, 6.07) is 21.7. The summed E-state index contributed by atoms with van der Waals surface area (Å²) in [5, 5.41) is 0.425. The molecule has 0 radical (unpaired) electrons. The largest absolute Gasteiger partial charge is 0.497 e. The van der Waals surface area contributed by atoms with Crippen LogP contribution in [0.1, 0.15) is 36.7 Å². The first kappa shape index (κ1) is 21.3. The van der Waals surface area contributed by atoms with E-state index in [9.17, 15) is 9.59 Å². The minimum atomic E-state index is -0.435. The number of benzene rings is 3. The second-order valence-corrected chi connectivity index (χ2v) is 8.59. The van der Waals surface area contributed by atoms with Gasteiger partial charge in [0.15, 0.2) is 5.82 Å². The molecule has 0 bridgehead atoms. The number of rotatable bonds is 4. The van der Waals surface area contributed by atoms with E-state index < -0.39 is 5.91 Å². The molecule has 0 unspecified atom stereocenters. The molecule has 4 aromatic rings. The van der Waals surface area contributed by atoms with Crippen LogP contribution in [0.5, 0.6) is 5.75 Å². The van der Waals surface area contributed by atoms with Crippen molar-refractivity contribution in [3.8, 4) is 17.1 Å². The van der Waals surface area contributed by atoms with E-state index in [1.807, 2.05) is 30.3 Å². The van der Waals surface area contributed by atoms with Crippen molar-refractivity contribution in [3.05, 3.63) is 94.3 Å². The lowest BCUT2D eigenvalue weighted by Crippen LogP contribution is -2.35. The first-order valence-electron chi connectivity index (χ1n) is 10.4. The zero-order chi connectivity index (χ0) is 22.9. The smallest absolute Gasteiger partial charge is 0.280 e. The number of fused-ring (bicyclic) bond motifs is 1. The van der Waals surface area contributed by atoms with Crippen molar-refractivity contribution < 1.29 is 9.53 Å². The number of ether oxygens (including phenoxy) is 1. The summed E-state index contributed by atoms with van der Waals surface area (Å²) in [5.41, 5.74) is 5.21. The van der Waals surface area contributed by atoms with Crippen molar-refractivity contribution in [2.24, 2.45) is 0 Å². The molecule has 3 aromatic carbocycles. The Morgan fingerprint density at radius 2 is 1.69 bits per heavy atom. The minimum absolute atomic E-state index is 0.00437. The van der Waals surface area contributed by atoms with Gasteiger partial charge in [-0.15, -0.1) is 0 Å². The van der Waals surface area contributed by atoms with Crippen LogP contribution in [-0.2, 0) is 5.41 Å². The van der Waals surface area contributed by atoms with Gasteiger partial charge in [0.25, 0.3) is 11.5 Å². The van der Waals surface area contributed by atoms with Gasteiger partial charge in [0.05, 0.1) is 18.0 Å². The van der Waals surface area contributed by atoms with Crippen LogP contribution in [0, 0.1) is 0 Å². The quantitative estimate of drug-likeness (QED) is 0.510. The number of amides is 1. The van der Waals surface area contributed by atoms with Gasteiger partial charge in [-0.3, -0.25) is 15.0 Å². The van der Waals surface area contributed by atoms with Crippen LogP contribution < -0.4 is 15.7 Å². The Morgan fingerprint density at radius 3 is 2.38 bits per heavy atom. The third-order valence-corrected chi connectivity index (χ3v) is 5.33. The molecule has 6 heteroatoms. The van der Waals surface area contributed by atoms with Gasteiger partial charge in [0, 0.05) is 11.1 Å². The lowest BCUT2D eigenvalue weighted by Gasteiger charge is -2.20. The van der Waals surface area contributed by atoms with Crippen LogP contribution in [0.3, 0.4) is 0 Å². The van der Waals surface area contributed by atoms with Crippen molar-refractivity contribution in [1.82, 2.24) is 9.66 Å². The molecule has 0 fully saturated rings. The van der Waals surface area contributed by atoms with Gasteiger partial charge in [-0.25, -0.2) is 4.98 Å². The molecule has 32 heavy (non-hydrogen) atoms. The standard InChI is InChI=1S/C26H25N3O3/c1-26(2,3)19-14-12-17(13-15-19)23-27-22-11-6-5-10-21(22)25(31)29(23)28-24(30)18-8-7-9-20(16-18)32-4/h5-16H,1-4H3,(H,28,30). The summed E-state index contributed by atoms with van der Waals surface area (Å²) in [5.74, 6) is 0.487. The van der Waals surface area contributed by atoms with Crippen molar-refractivity contribution in [2.45, 2.75) is 26.2 Å². The van der Waals surface area contributed by atoms with E-state index in [1.54, 1.807) is 42.5 Å². The Balaban J connectivity index is 1.84. The Hall–Kier alpha value is -3.93. The van der Waals surface area contributed by atoms with Crippen LogP contribution in [-0.4, -0.2) is 22.7 Å². The average Bonchev–Trinajstić information content (AvgIpc) is 2.80. The molecule has 1 heterocycles. The molecular formula is C26H25N3O3. The molecule has 0 saturated carbocycles. The summed E-state index contributed by atoms with van der Waals surface area (Å²) >= 11 is 0. The Labute approximate surface area is 186 Å². The fourth-order valence-corrected chi connectivity index (χ4v) is 3.48. The maximum absolute atomic E-state index is 13.3. The minimum Gasteiger partial charge on any atom is -0.497 e. The monoisotopic (exact) mass is 427 g/mol. The summed E-state index contributed by atoms with van der Waals surface area (Å²) in [6.45, 7) is 6.42. The molecule has 0 aliphatic rings. The molecule has 162 valence electrons. The summed E-state index contributed by atoms with van der Waals surface area (Å²) in [4.78, 5) is 31.0. The Kier molecular flexibility index (Phi) is 5.53. The number of hydrogen-bond acceptors (Lipinski definition) is 4. The number of aromatic nitrogens is 2. The third-order valence-electron chi connectivity index (χ3n) is 5.33. The third kappa shape index (κ3) is 4.12. The van der Waals surface area contributed by atoms with Crippen molar-refractivity contribution >= 4 is 16.8 Å². The van der Waals surface area contributed by atoms with E-state index in [1.165, 1.54) is 11.8 Å². The van der Waals surface area contributed by atoms with Crippen molar-refractivity contribution in [1.29, 1.82) is 0 Å². The van der Waals surface area contributed by atoms with Crippen LogP contribution in [0.4, 0.5) is 0 Å². The van der Waals surface area contributed by atoms with Crippen LogP contribution in [0.15, 0.2) is 77.6 Å². The topological polar surface area (TPSA) is 73.2 Å². The molecule has 0 spiro atoms. The molecule has 6 nitrogen and oxygen atoms in total. The lowest BCUT2D eigenvalue weighted by molar-refractivity contribution is 0.101. The van der Waals surface area contributed by atoms with Crippen molar-refractivity contribution in [2.75, 3.05) is 12.5 Å². The second kappa shape index (κ2) is 8.30. The molecule has 1 aromatic heterocycles. The normalized spacial score (nSPS) is 11.4. The summed E-state index contributed by atoms with van der Waals surface area (Å²) in [6.07, 6.45) is 0. The summed E-state index contributed by atoms with van der Waals surface area (Å²) < 4.78 is 6.43. The van der Waals surface area contributed by atoms with Crippen LogP contribution in [0.25, 0.3) is 22.3 Å². The fraction of sp³-hybridized carbons (Fsp3) is 0.192. The van der Waals surface area contributed by atoms with E-state index in [-0.39, 0.29) is 11.0 Å². The van der Waals surface area contributed by atoms with Gasteiger partial charge >= 0.3 is 0 Å². The van der Waals surface area contributed by atoms with E-state index in [2.05, 4.69) is 26.2 Å². The molecule has 0 atom stereocenters. The van der Waals surface area contributed by atoms with Gasteiger partial charge in [-0.05, 0) is 41.3 Å². The van der Waals surface area contributed by atoms with Gasteiger partial charge in [-0.1, -0.05) is 63.2 Å². The van der Waals surface area contributed by atoms with E-state index in [0.717, 1.165) is 11.1 Å². The highest BCUT2D eigenvalue weighted by molar-refractivity contribution is 6.00. The van der Waals surface area contributed by atoms with Crippen LogP contribution >= 0.6 is 0 Å². The molecule has 4 rings (SSSR count). The maximum Gasteiger partial charge on any atom is 0.280 e. The van der Waals surface area contributed by atoms with Gasteiger partial charge in [0.2, 0.25) is 0 Å². The van der Waals surface area contributed by atoms with E-state index in [4.69, 9.17) is 9.72 Å². The summed E-state index contributed by atoms with van der Waals surface area (Å²) in [7, 11) is 1.54. The number of hydrogen-bond donors (Lipinski definition) is 1. The van der Waals surface area contributed by atoms with E-state index in [0.29, 0.717) is 28.0 Å². The van der Waals surface area contributed by atoms with Gasteiger partial charge in [0.1, 0.15) is 5.75 Å². The molecule has 1 amide bonds. The molecule has 0 aliphatic heterocycles. The maximum atomic E-state index is 13.3. The SMILES string of the molecule is COc1cccc(C(=O)Nn2c(-c3ccc(C(C)(C)C)cc3)nc3ccccc3c2=O)c1. The lowest BCUT2D eigenvalue weighted by atomic mass is 9.86. The zero-order valence-electron chi connectivity index (χ0n) is 18.5. The molecular weight excluding hydrogens is 402 g/mol. The van der Waals surface area contributed by atoms with Crippen molar-refractivity contribution in [3.63, 3.8) is 0 Å². The Morgan fingerprint density at radius 1 is 0.969 bits per heavy atom. The number of methoxy groups -OCH3 is 1. The highest BCUT2D eigenvalue weighted by Gasteiger charge is 2.18. The molecule has 0 aliphatic carbocycles. The highest BCUT2D eigenvalue weighted by Crippen LogP contribution is 2.25. The number of nitrogens with zero attached hydrogens (tertiary/aromatic N) is 2. The number of carbonyl (C=O) groups excluding carboxylic acids is 1. The molecule has 0 saturated heterocycles. The van der Waals surface area contributed by atoms with Gasteiger partial charge < -0.3 is 4.74 Å². The van der Waals surface area contributed by atoms with Crippen LogP contribution in [0.2, 0.25) is 0 Å². The fourth-order valence-electron chi connectivity index (χ4n) is 3.48. The second-order valence-electron chi connectivity index (χ2n) is 8.59. The number of nitrogens with one attached hydrogen (secondary N) is 1. The zero-order valence-corrected chi connectivity index (χ0v) is 18.5. The first-order chi connectivity index (χ1) is 15.3. The van der Waals surface area contributed by atoms with E-state index >= 15 is 0 Å². The average molecular weight is 428 g/mol.